The number of benzene rings is 2. The molecule has 4 aromatic rings. The van der Waals surface area contributed by atoms with E-state index in [0.717, 1.165) is 41.2 Å². The van der Waals surface area contributed by atoms with Gasteiger partial charge in [0.2, 0.25) is 0 Å². The number of thiazole rings is 1. The molecule has 2 heterocycles. The molecule has 154 valence electrons. The van der Waals surface area contributed by atoms with Crippen molar-refractivity contribution < 1.29 is 4.79 Å². The van der Waals surface area contributed by atoms with E-state index in [1.165, 1.54) is 0 Å². The van der Waals surface area contributed by atoms with Crippen LogP contribution in [0.4, 0.5) is 10.5 Å². The van der Waals surface area contributed by atoms with Crippen molar-refractivity contribution in [3.8, 4) is 17.3 Å². The lowest BCUT2D eigenvalue weighted by molar-refractivity contribution is 0.209. The number of hydrogen-bond donors (Lipinski definition) is 1. The minimum Gasteiger partial charge on any atom is -0.321 e. The number of rotatable bonds is 6. The maximum absolute atomic E-state index is 12.9. The van der Waals surface area contributed by atoms with E-state index in [-0.39, 0.29) is 6.03 Å². The van der Waals surface area contributed by atoms with E-state index in [9.17, 15) is 4.79 Å². The number of amides is 2. The number of urea groups is 1. The monoisotopic (exact) mass is 427 g/mol. The summed E-state index contributed by atoms with van der Waals surface area (Å²) in [5.41, 5.74) is 4.51. The predicted molar refractivity (Wildman–Crippen MR) is 122 cm³/mol. The van der Waals surface area contributed by atoms with Crippen LogP contribution in [0, 0.1) is 11.3 Å². The number of fused-ring (bicyclic) bond motifs is 1. The van der Waals surface area contributed by atoms with Crippen LogP contribution in [-0.4, -0.2) is 32.9 Å². The largest absolute Gasteiger partial charge is 0.322 e. The second-order valence-electron chi connectivity index (χ2n) is 7.67. The molecule has 2 aromatic heterocycles. The highest BCUT2D eigenvalue weighted by molar-refractivity contribution is 7.15. The molecule has 1 aliphatic rings. The van der Waals surface area contributed by atoms with Gasteiger partial charge in [0.15, 0.2) is 4.96 Å². The molecule has 0 saturated heterocycles. The van der Waals surface area contributed by atoms with E-state index in [4.69, 9.17) is 10.2 Å². The third-order valence-electron chi connectivity index (χ3n) is 5.48. The SMILES string of the molecule is N#Cc1ccc(NC(=O)N(CCc2csc3nc(-c4ccccc4)cn23)C2CC2)cc1. The van der Waals surface area contributed by atoms with Crippen molar-refractivity contribution in [2.45, 2.75) is 25.3 Å². The lowest BCUT2D eigenvalue weighted by Crippen LogP contribution is -2.38. The molecule has 0 aliphatic heterocycles. The van der Waals surface area contributed by atoms with Crippen molar-refractivity contribution in [2.24, 2.45) is 0 Å². The van der Waals surface area contributed by atoms with Crippen LogP contribution in [0.1, 0.15) is 24.1 Å². The van der Waals surface area contributed by atoms with E-state index in [1.54, 1.807) is 35.6 Å². The molecule has 0 bridgehead atoms. The van der Waals surface area contributed by atoms with Crippen molar-refractivity contribution >= 4 is 28.0 Å². The second-order valence-corrected chi connectivity index (χ2v) is 8.50. The molecule has 1 aliphatic carbocycles. The van der Waals surface area contributed by atoms with Gasteiger partial charge in [0, 0.05) is 47.5 Å². The van der Waals surface area contributed by atoms with Gasteiger partial charge in [-0.25, -0.2) is 9.78 Å². The highest BCUT2D eigenvalue weighted by Crippen LogP contribution is 2.29. The molecule has 0 unspecified atom stereocenters. The Kier molecular flexibility index (Phi) is 5.14. The first kappa shape index (κ1) is 19.3. The summed E-state index contributed by atoms with van der Waals surface area (Å²) in [6.07, 6.45) is 4.93. The van der Waals surface area contributed by atoms with Crippen LogP contribution in [0.15, 0.2) is 66.2 Å². The van der Waals surface area contributed by atoms with Crippen LogP contribution in [-0.2, 0) is 6.42 Å². The number of hydrogen-bond acceptors (Lipinski definition) is 4. The summed E-state index contributed by atoms with van der Waals surface area (Å²) in [5.74, 6) is 0. The first-order chi connectivity index (χ1) is 15.2. The summed E-state index contributed by atoms with van der Waals surface area (Å²) in [7, 11) is 0. The molecule has 31 heavy (non-hydrogen) atoms. The summed E-state index contributed by atoms with van der Waals surface area (Å²) in [5, 5.41) is 14.0. The molecule has 1 saturated carbocycles. The number of imidazole rings is 1. The fraction of sp³-hybridized carbons (Fsp3) is 0.208. The first-order valence-corrected chi connectivity index (χ1v) is 11.2. The summed E-state index contributed by atoms with van der Waals surface area (Å²) in [4.78, 5) is 20.5. The Morgan fingerprint density at radius 3 is 2.68 bits per heavy atom. The smallest absolute Gasteiger partial charge is 0.321 e. The van der Waals surface area contributed by atoms with Gasteiger partial charge in [-0.2, -0.15) is 5.26 Å². The minimum atomic E-state index is -0.0886. The van der Waals surface area contributed by atoms with Crippen LogP contribution in [0.5, 0.6) is 0 Å². The van der Waals surface area contributed by atoms with Crippen LogP contribution in [0.2, 0.25) is 0 Å². The highest BCUT2D eigenvalue weighted by atomic mass is 32.1. The van der Waals surface area contributed by atoms with E-state index in [0.29, 0.717) is 23.8 Å². The second kappa shape index (κ2) is 8.25. The fourth-order valence-corrected chi connectivity index (χ4v) is 4.56. The average Bonchev–Trinajstić information content (AvgIpc) is 3.43. The van der Waals surface area contributed by atoms with Crippen molar-refractivity contribution in [1.29, 1.82) is 5.26 Å². The maximum Gasteiger partial charge on any atom is 0.322 e. The van der Waals surface area contributed by atoms with Gasteiger partial charge < -0.3 is 10.2 Å². The zero-order chi connectivity index (χ0) is 21.2. The molecule has 5 rings (SSSR count). The number of nitriles is 1. The Morgan fingerprint density at radius 2 is 1.97 bits per heavy atom. The Bertz CT molecular complexity index is 1250. The van der Waals surface area contributed by atoms with Crippen LogP contribution in [0.3, 0.4) is 0 Å². The lowest BCUT2D eigenvalue weighted by Gasteiger charge is -2.22. The Morgan fingerprint density at radius 1 is 1.19 bits per heavy atom. The number of carbonyl (C=O) groups is 1. The van der Waals surface area contributed by atoms with Gasteiger partial charge in [0.1, 0.15) is 0 Å². The average molecular weight is 428 g/mol. The molecule has 2 aromatic carbocycles. The van der Waals surface area contributed by atoms with Crippen LogP contribution >= 0.6 is 11.3 Å². The number of carbonyl (C=O) groups excluding carboxylic acids is 1. The topological polar surface area (TPSA) is 73.4 Å². The molecule has 0 radical (unpaired) electrons. The molecule has 0 spiro atoms. The number of nitrogens with zero attached hydrogens (tertiary/aromatic N) is 4. The van der Waals surface area contributed by atoms with Gasteiger partial charge in [-0.15, -0.1) is 11.3 Å². The molecule has 0 atom stereocenters. The molecule has 7 heteroatoms. The zero-order valence-electron chi connectivity index (χ0n) is 16.9. The molecular weight excluding hydrogens is 406 g/mol. The molecular formula is C24H21N5OS. The number of nitrogens with one attached hydrogen (secondary N) is 1. The standard InChI is InChI=1S/C24H21N5OS/c25-14-17-6-8-19(9-7-17)26-23(30)28(20-10-11-20)13-12-21-16-31-24-27-22(15-29(21)24)18-4-2-1-3-5-18/h1-9,15-16,20H,10-13H2,(H,26,30). The van der Waals surface area contributed by atoms with Gasteiger partial charge in [-0.05, 0) is 37.1 Å². The van der Waals surface area contributed by atoms with Gasteiger partial charge in [0.25, 0.3) is 0 Å². The van der Waals surface area contributed by atoms with E-state index >= 15 is 0 Å². The van der Waals surface area contributed by atoms with Crippen molar-refractivity contribution in [1.82, 2.24) is 14.3 Å². The predicted octanol–water partition coefficient (Wildman–Crippen LogP) is 5.17. The summed E-state index contributed by atoms with van der Waals surface area (Å²) >= 11 is 1.63. The number of anilines is 1. The van der Waals surface area contributed by atoms with Gasteiger partial charge >= 0.3 is 6.03 Å². The third kappa shape index (κ3) is 4.16. The molecule has 6 nitrogen and oxygen atoms in total. The van der Waals surface area contributed by atoms with E-state index < -0.39 is 0 Å². The first-order valence-electron chi connectivity index (χ1n) is 10.3. The zero-order valence-corrected chi connectivity index (χ0v) is 17.7. The van der Waals surface area contributed by atoms with E-state index in [2.05, 4.69) is 39.5 Å². The normalized spacial score (nSPS) is 13.1. The summed E-state index contributed by atoms with van der Waals surface area (Å²) < 4.78 is 2.14. The lowest BCUT2D eigenvalue weighted by atomic mass is 10.2. The highest BCUT2D eigenvalue weighted by Gasteiger charge is 2.32. The third-order valence-corrected chi connectivity index (χ3v) is 6.36. The summed E-state index contributed by atoms with van der Waals surface area (Å²) in [6, 6.07) is 19.4. The van der Waals surface area contributed by atoms with Gasteiger partial charge in [0.05, 0.1) is 17.3 Å². The summed E-state index contributed by atoms with van der Waals surface area (Å²) in [6.45, 7) is 0.650. The Labute approximate surface area is 184 Å². The quantitative estimate of drug-likeness (QED) is 0.461. The van der Waals surface area contributed by atoms with E-state index in [1.807, 2.05) is 23.1 Å². The number of aromatic nitrogens is 2. The van der Waals surface area contributed by atoms with Crippen molar-refractivity contribution in [3.63, 3.8) is 0 Å². The van der Waals surface area contributed by atoms with Crippen LogP contribution in [0.25, 0.3) is 16.2 Å². The van der Waals surface area contributed by atoms with Crippen LogP contribution < -0.4 is 5.32 Å². The molecule has 1 fully saturated rings. The fourth-order valence-electron chi connectivity index (χ4n) is 3.65. The van der Waals surface area contributed by atoms with Crippen molar-refractivity contribution in [2.75, 3.05) is 11.9 Å². The van der Waals surface area contributed by atoms with Gasteiger partial charge in [-0.1, -0.05) is 30.3 Å². The Hall–Kier alpha value is -3.63. The molecule has 2 amide bonds. The molecule has 1 N–H and O–H groups in total. The maximum atomic E-state index is 12.9. The van der Waals surface area contributed by atoms with Crippen molar-refractivity contribution in [3.05, 3.63) is 77.4 Å². The Balaban J connectivity index is 1.29. The minimum absolute atomic E-state index is 0.0886. The van der Waals surface area contributed by atoms with Gasteiger partial charge in [-0.3, -0.25) is 4.40 Å².